The van der Waals surface area contributed by atoms with Crippen molar-refractivity contribution < 1.29 is 4.79 Å². The maximum absolute atomic E-state index is 12.2. The molecule has 1 amide bonds. The van der Waals surface area contributed by atoms with Crippen molar-refractivity contribution in [2.45, 2.75) is 25.2 Å². The average molecular weight is 243 g/mol. The number of carbonyl (C=O) groups is 1. The van der Waals surface area contributed by atoms with Crippen molar-refractivity contribution in [3.05, 3.63) is 29.8 Å². The number of nitrogens with two attached hydrogens (primary N) is 1. The van der Waals surface area contributed by atoms with Gasteiger partial charge in [0.15, 0.2) is 0 Å². The summed E-state index contributed by atoms with van der Waals surface area (Å²) in [5.41, 5.74) is 6.97. The molecule has 4 nitrogen and oxygen atoms in total. The number of benzene rings is 1. The molecule has 0 aliphatic heterocycles. The van der Waals surface area contributed by atoms with E-state index in [-0.39, 0.29) is 17.2 Å². The topological polar surface area (TPSA) is 78.9 Å². The molecular formula is C14H17N3O. The third kappa shape index (κ3) is 2.30. The highest BCUT2D eigenvalue weighted by atomic mass is 16.2. The Morgan fingerprint density at radius 2 is 2.11 bits per heavy atom. The Labute approximate surface area is 107 Å². The monoisotopic (exact) mass is 243 g/mol. The van der Waals surface area contributed by atoms with Gasteiger partial charge in [-0.15, -0.1) is 0 Å². The highest BCUT2D eigenvalue weighted by Crippen LogP contribution is 2.48. The molecule has 0 heterocycles. The van der Waals surface area contributed by atoms with E-state index in [9.17, 15) is 4.79 Å². The minimum Gasteiger partial charge on any atom is -0.399 e. The quantitative estimate of drug-likeness (QED) is 0.788. The largest absolute Gasteiger partial charge is 0.399 e. The number of nitrogens with one attached hydrogen (secondary N) is 1. The summed E-state index contributed by atoms with van der Waals surface area (Å²) in [5, 5.41) is 11.6. The smallest absolute Gasteiger partial charge is 0.230 e. The van der Waals surface area contributed by atoms with Crippen molar-refractivity contribution in [2.75, 3.05) is 12.3 Å². The van der Waals surface area contributed by atoms with Crippen LogP contribution in [0.25, 0.3) is 0 Å². The molecule has 0 spiro atoms. The molecule has 1 saturated carbocycles. The van der Waals surface area contributed by atoms with Gasteiger partial charge in [-0.3, -0.25) is 4.79 Å². The first kappa shape index (κ1) is 12.4. The lowest BCUT2D eigenvalue weighted by molar-refractivity contribution is -0.123. The maximum atomic E-state index is 12.2. The van der Waals surface area contributed by atoms with Gasteiger partial charge in [-0.05, 0) is 37.5 Å². The zero-order valence-corrected chi connectivity index (χ0v) is 10.4. The number of carbonyl (C=O) groups excluding carboxylic acids is 1. The molecule has 0 radical (unpaired) electrons. The molecule has 4 heteroatoms. The lowest BCUT2D eigenvalue weighted by atomic mass is 9.94. The first-order chi connectivity index (χ1) is 8.58. The van der Waals surface area contributed by atoms with Crippen LogP contribution in [0.2, 0.25) is 0 Å². The fourth-order valence-corrected chi connectivity index (χ4v) is 2.03. The number of nitrogens with zero attached hydrogens (tertiary/aromatic N) is 1. The molecule has 1 aromatic carbocycles. The van der Waals surface area contributed by atoms with E-state index in [2.05, 4.69) is 11.4 Å². The second-order valence-corrected chi connectivity index (χ2v) is 4.94. The first-order valence-corrected chi connectivity index (χ1v) is 6.12. The van der Waals surface area contributed by atoms with E-state index in [1.807, 2.05) is 24.3 Å². The summed E-state index contributed by atoms with van der Waals surface area (Å²) >= 11 is 0. The highest BCUT2D eigenvalue weighted by molar-refractivity contribution is 5.91. The second-order valence-electron chi connectivity index (χ2n) is 4.94. The van der Waals surface area contributed by atoms with Gasteiger partial charge >= 0.3 is 0 Å². The summed E-state index contributed by atoms with van der Waals surface area (Å²) in [5.74, 6) is -0.134. The van der Waals surface area contributed by atoms with Gasteiger partial charge in [-0.2, -0.15) is 5.26 Å². The van der Waals surface area contributed by atoms with Crippen molar-refractivity contribution in [2.24, 2.45) is 5.92 Å². The Bertz CT molecular complexity index is 483. The van der Waals surface area contributed by atoms with E-state index in [0.717, 1.165) is 18.4 Å². The van der Waals surface area contributed by atoms with Crippen LogP contribution in [0.3, 0.4) is 0 Å². The van der Waals surface area contributed by atoms with Gasteiger partial charge < -0.3 is 11.1 Å². The highest BCUT2D eigenvalue weighted by Gasteiger charge is 2.51. The van der Waals surface area contributed by atoms with Crippen molar-refractivity contribution in [3.8, 4) is 6.07 Å². The van der Waals surface area contributed by atoms with Crippen molar-refractivity contribution in [1.29, 1.82) is 5.26 Å². The SMILES string of the molecule is CC(C#N)CNC(=O)C1(c2ccc(N)cc2)CC1. The lowest BCUT2D eigenvalue weighted by Gasteiger charge is -2.16. The van der Waals surface area contributed by atoms with Gasteiger partial charge in [0.25, 0.3) is 0 Å². The van der Waals surface area contributed by atoms with Crippen molar-refractivity contribution in [3.63, 3.8) is 0 Å². The van der Waals surface area contributed by atoms with E-state index >= 15 is 0 Å². The van der Waals surface area contributed by atoms with Gasteiger partial charge in [0, 0.05) is 12.2 Å². The van der Waals surface area contributed by atoms with E-state index in [1.165, 1.54) is 0 Å². The number of amides is 1. The summed E-state index contributed by atoms with van der Waals surface area (Å²) in [6.45, 7) is 2.20. The Balaban J connectivity index is 2.05. The van der Waals surface area contributed by atoms with Crippen molar-refractivity contribution >= 4 is 11.6 Å². The lowest BCUT2D eigenvalue weighted by Crippen LogP contribution is -2.37. The maximum Gasteiger partial charge on any atom is 0.230 e. The second kappa shape index (κ2) is 4.69. The third-order valence-electron chi connectivity index (χ3n) is 3.44. The molecule has 0 aromatic heterocycles. The average Bonchev–Trinajstić information content (AvgIpc) is 3.17. The van der Waals surface area contributed by atoms with Crippen LogP contribution in [0.15, 0.2) is 24.3 Å². The van der Waals surface area contributed by atoms with Crippen LogP contribution in [-0.4, -0.2) is 12.5 Å². The van der Waals surface area contributed by atoms with E-state index in [1.54, 1.807) is 6.92 Å². The minimum atomic E-state index is -0.386. The molecular weight excluding hydrogens is 226 g/mol. The number of hydrogen-bond acceptors (Lipinski definition) is 3. The minimum absolute atomic E-state index is 0.0226. The standard InChI is InChI=1S/C14H17N3O/c1-10(8-15)9-17-13(18)14(6-7-14)11-2-4-12(16)5-3-11/h2-5,10H,6-7,9,16H2,1H3,(H,17,18). The van der Waals surface area contributed by atoms with Crippen LogP contribution in [0.1, 0.15) is 25.3 Å². The van der Waals surface area contributed by atoms with Crippen LogP contribution in [-0.2, 0) is 10.2 Å². The van der Waals surface area contributed by atoms with E-state index in [4.69, 9.17) is 11.0 Å². The Morgan fingerprint density at radius 3 is 2.61 bits per heavy atom. The van der Waals surface area contributed by atoms with Gasteiger partial charge in [-0.1, -0.05) is 12.1 Å². The molecule has 1 aliphatic rings. The molecule has 94 valence electrons. The first-order valence-electron chi connectivity index (χ1n) is 6.12. The molecule has 0 saturated heterocycles. The summed E-state index contributed by atoms with van der Waals surface area (Å²) in [6, 6.07) is 9.57. The third-order valence-corrected chi connectivity index (χ3v) is 3.44. The molecule has 1 aliphatic carbocycles. The molecule has 18 heavy (non-hydrogen) atoms. The Morgan fingerprint density at radius 1 is 1.50 bits per heavy atom. The summed E-state index contributed by atoms with van der Waals surface area (Å²) in [6.07, 6.45) is 1.73. The molecule has 2 rings (SSSR count). The molecule has 1 aromatic rings. The molecule has 3 N–H and O–H groups in total. The van der Waals surface area contributed by atoms with Crippen LogP contribution in [0, 0.1) is 17.2 Å². The molecule has 0 bridgehead atoms. The van der Waals surface area contributed by atoms with Gasteiger partial charge in [0.1, 0.15) is 0 Å². The number of nitriles is 1. The molecule has 1 unspecified atom stereocenters. The van der Waals surface area contributed by atoms with Crippen LogP contribution in [0.5, 0.6) is 0 Å². The summed E-state index contributed by atoms with van der Waals surface area (Å²) in [4.78, 5) is 12.2. The predicted octanol–water partition coefficient (Wildman–Crippen LogP) is 1.58. The van der Waals surface area contributed by atoms with Crippen LogP contribution < -0.4 is 11.1 Å². The van der Waals surface area contributed by atoms with Gasteiger partial charge in [-0.25, -0.2) is 0 Å². The zero-order chi connectivity index (χ0) is 13.2. The Hall–Kier alpha value is -2.02. The summed E-state index contributed by atoms with van der Waals surface area (Å²) in [7, 11) is 0. The number of rotatable bonds is 4. The fraction of sp³-hybridized carbons (Fsp3) is 0.429. The van der Waals surface area contributed by atoms with E-state index in [0.29, 0.717) is 12.2 Å². The Kier molecular flexibility index (Phi) is 3.24. The molecule has 1 fully saturated rings. The summed E-state index contributed by atoms with van der Waals surface area (Å²) < 4.78 is 0. The van der Waals surface area contributed by atoms with Crippen LogP contribution in [0.4, 0.5) is 5.69 Å². The van der Waals surface area contributed by atoms with Gasteiger partial charge in [0.2, 0.25) is 5.91 Å². The van der Waals surface area contributed by atoms with E-state index < -0.39 is 0 Å². The number of anilines is 1. The number of hydrogen-bond donors (Lipinski definition) is 2. The zero-order valence-electron chi connectivity index (χ0n) is 10.4. The normalized spacial score (nSPS) is 17.6. The number of nitrogen functional groups attached to an aromatic ring is 1. The molecule has 1 atom stereocenters. The van der Waals surface area contributed by atoms with Crippen molar-refractivity contribution in [1.82, 2.24) is 5.32 Å². The van der Waals surface area contributed by atoms with Gasteiger partial charge in [0.05, 0.1) is 17.4 Å². The predicted molar refractivity (Wildman–Crippen MR) is 69.6 cm³/mol. The van der Waals surface area contributed by atoms with Crippen LogP contribution >= 0.6 is 0 Å². The fourth-order valence-electron chi connectivity index (χ4n) is 2.03.